The van der Waals surface area contributed by atoms with Crippen LogP contribution in [0.5, 0.6) is 0 Å². The minimum absolute atomic E-state index is 0.104. The summed E-state index contributed by atoms with van der Waals surface area (Å²) in [5.41, 5.74) is 6.30. The van der Waals surface area contributed by atoms with Crippen LogP contribution in [0.1, 0.15) is 45.7 Å². The van der Waals surface area contributed by atoms with Crippen LogP contribution in [-0.4, -0.2) is 21.1 Å². The zero-order valence-corrected chi connectivity index (χ0v) is 27.5. The molecule has 1 N–H and O–H groups in total. The van der Waals surface area contributed by atoms with Crippen molar-refractivity contribution >= 4 is 81.2 Å². The molecular formula is C34H29Br3N2O2. The summed E-state index contributed by atoms with van der Waals surface area (Å²) < 4.78 is 4.42. The molecule has 0 aliphatic heterocycles. The Morgan fingerprint density at radius 2 is 1.24 bits per heavy atom. The predicted octanol–water partition coefficient (Wildman–Crippen LogP) is 10.4. The molecule has 0 fully saturated rings. The summed E-state index contributed by atoms with van der Waals surface area (Å²) in [5.74, 6) is 0.214. The maximum absolute atomic E-state index is 11.4. The van der Waals surface area contributed by atoms with Gasteiger partial charge in [0.15, 0.2) is 11.6 Å². The highest BCUT2D eigenvalue weighted by Gasteiger charge is 2.05. The number of hydrogen-bond acceptors (Lipinski definition) is 2. The highest BCUT2D eigenvalue weighted by atomic mass is 79.9. The van der Waals surface area contributed by atoms with Gasteiger partial charge in [-0.2, -0.15) is 0 Å². The Kier molecular flexibility index (Phi) is 10.9. The summed E-state index contributed by atoms with van der Waals surface area (Å²) in [6, 6.07) is 32.1. The molecule has 6 aromatic rings. The molecule has 0 spiro atoms. The first-order valence-electron chi connectivity index (χ1n) is 13.0. The maximum Gasteiger partial charge on any atom is 0.159 e. The third-order valence-electron chi connectivity index (χ3n) is 6.47. The lowest BCUT2D eigenvalue weighted by atomic mass is 10.1. The molecule has 0 saturated carbocycles. The summed E-state index contributed by atoms with van der Waals surface area (Å²) in [5, 5.41) is 3.12. The molecule has 41 heavy (non-hydrogen) atoms. The van der Waals surface area contributed by atoms with Crippen LogP contribution in [0, 0.1) is 0 Å². The van der Waals surface area contributed by atoms with E-state index < -0.39 is 0 Å². The third-order valence-corrected chi connectivity index (χ3v) is 8.18. The van der Waals surface area contributed by atoms with Crippen molar-refractivity contribution in [3.8, 4) is 0 Å². The molecule has 4 aromatic carbocycles. The average molecular weight is 737 g/mol. The van der Waals surface area contributed by atoms with Crippen LogP contribution in [0.3, 0.4) is 0 Å². The zero-order valence-electron chi connectivity index (χ0n) is 22.7. The van der Waals surface area contributed by atoms with Crippen LogP contribution >= 0.6 is 47.8 Å². The Balaban J connectivity index is 0.000000156. The summed E-state index contributed by atoms with van der Waals surface area (Å²) in [6.45, 7) is 4.00. The zero-order chi connectivity index (χ0) is 29.4. The summed E-state index contributed by atoms with van der Waals surface area (Å²) in [7, 11) is 0. The maximum atomic E-state index is 11.4. The fraction of sp³-hybridized carbons (Fsp3) is 0.118. The van der Waals surface area contributed by atoms with Gasteiger partial charge in [0, 0.05) is 66.1 Å². The lowest BCUT2D eigenvalue weighted by Gasteiger charge is -2.06. The minimum atomic E-state index is 0.104. The van der Waals surface area contributed by atoms with Crippen LogP contribution in [0.15, 0.2) is 118 Å². The summed E-state index contributed by atoms with van der Waals surface area (Å²) >= 11 is 10.2. The van der Waals surface area contributed by atoms with Crippen LogP contribution in [0.4, 0.5) is 0 Å². The van der Waals surface area contributed by atoms with E-state index in [4.69, 9.17) is 0 Å². The van der Waals surface area contributed by atoms with Gasteiger partial charge in [-0.15, -0.1) is 0 Å². The van der Waals surface area contributed by atoms with Gasteiger partial charge in [0.2, 0.25) is 0 Å². The molecule has 0 atom stereocenters. The molecule has 0 aliphatic carbocycles. The number of hydrogen-bond donors (Lipinski definition) is 1. The van der Waals surface area contributed by atoms with Crippen molar-refractivity contribution in [1.82, 2.24) is 9.55 Å². The molecule has 6 rings (SSSR count). The van der Waals surface area contributed by atoms with Gasteiger partial charge in [-0.05, 0) is 97.8 Å². The first-order valence-corrected chi connectivity index (χ1v) is 15.7. The van der Waals surface area contributed by atoms with Gasteiger partial charge in [0.1, 0.15) is 0 Å². The van der Waals surface area contributed by atoms with Gasteiger partial charge in [0.25, 0.3) is 0 Å². The standard InChI is InChI=1S/C17H14BrNO.C10H9NO.C7H6Br2/c1-12(20)14-4-7-17-15(10-14)8-9-19(17)11-13-2-5-16(18)6-3-13;1-7(12)8-2-3-10-9(6-8)4-5-11-10;8-5-6-1-3-7(9)4-2-6/h2-10H,11H2,1H3;2-6,11H,1H3;1-4H,5H2. The number of aromatic nitrogens is 2. The summed E-state index contributed by atoms with van der Waals surface area (Å²) in [4.78, 5) is 25.5. The van der Waals surface area contributed by atoms with Gasteiger partial charge in [0.05, 0.1) is 0 Å². The molecule has 2 heterocycles. The number of benzene rings is 4. The topological polar surface area (TPSA) is 54.9 Å². The molecule has 2 aromatic heterocycles. The largest absolute Gasteiger partial charge is 0.361 e. The van der Waals surface area contributed by atoms with Crippen molar-refractivity contribution in [3.63, 3.8) is 0 Å². The second kappa shape index (κ2) is 14.6. The average Bonchev–Trinajstić information content (AvgIpc) is 3.61. The van der Waals surface area contributed by atoms with Crippen LogP contribution in [-0.2, 0) is 11.9 Å². The van der Waals surface area contributed by atoms with E-state index in [1.807, 2.05) is 60.8 Å². The van der Waals surface area contributed by atoms with E-state index in [0.29, 0.717) is 0 Å². The molecule has 0 unspecified atom stereocenters. The molecule has 0 aliphatic rings. The number of H-pyrrole nitrogens is 1. The van der Waals surface area contributed by atoms with Gasteiger partial charge in [-0.3, -0.25) is 9.59 Å². The molecule has 0 radical (unpaired) electrons. The quantitative estimate of drug-likeness (QED) is 0.142. The molecule has 0 bridgehead atoms. The fourth-order valence-electron chi connectivity index (χ4n) is 4.19. The molecule has 208 valence electrons. The van der Waals surface area contributed by atoms with Crippen molar-refractivity contribution in [3.05, 3.63) is 141 Å². The highest BCUT2D eigenvalue weighted by molar-refractivity contribution is 9.10. The summed E-state index contributed by atoms with van der Waals surface area (Å²) in [6.07, 6.45) is 3.94. The Labute approximate surface area is 265 Å². The highest BCUT2D eigenvalue weighted by Crippen LogP contribution is 2.20. The molecule has 0 saturated heterocycles. The van der Waals surface area contributed by atoms with E-state index in [1.54, 1.807) is 13.8 Å². The lowest BCUT2D eigenvalue weighted by molar-refractivity contribution is 0.100. The van der Waals surface area contributed by atoms with E-state index in [0.717, 1.165) is 53.8 Å². The monoisotopic (exact) mass is 734 g/mol. The second-order valence-electron chi connectivity index (χ2n) is 9.50. The number of ketones is 2. The van der Waals surface area contributed by atoms with E-state index in [1.165, 1.54) is 11.1 Å². The predicted molar refractivity (Wildman–Crippen MR) is 180 cm³/mol. The van der Waals surface area contributed by atoms with Crippen LogP contribution in [0.25, 0.3) is 21.8 Å². The number of fused-ring (bicyclic) bond motifs is 2. The van der Waals surface area contributed by atoms with Gasteiger partial charge in [-0.1, -0.05) is 72.1 Å². The van der Waals surface area contributed by atoms with Crippen molar-refractivity contribution in [2.75, 3.05) is 0 Å². The number of carbonyl (C=O) groups excluding carboxylic acids is 2. The Morgan fingerprint density at radius 3 is 1.83 bits per heavy atom. The number of nitrogens with zero attached hydrogens (tertiary/aromatic N) is 1. The number of aromatic amines is 1. The van der Waals surface area contributed by atoms with E-state index >= 15 is 0 Å². The lowest BCUT2D eigenvalue weighted by Crippen LogP contribution is -1.98. The van der Waals surface area contributed by atoms with Crippen molar-refractivity contribution in [2.24, 2.45) is 0 Å². The van der Waals surface area contributed by atoms with Crippen molar-refractivity contribution < 1.29 is 9.59 Å². The van der Waals surface area contributed by atoms with E-state index in [-0.39, 0.29) is 11.6 Å². The Hall–Kier alpha value is -3.26. The van der Waals surface area contributed by atoms with E-state index in [9.17, 15) is 9.59 Å². The molecular weight excluding hydrogens is 708 g/mol. The van der Waals surface area contributed by atoms with Gasteiger partial charge < -0.3 is 9.55 Å². The molecule has 0 amide bonds. The Bertz CT molecular complexity index is 1770. The normalized spacial score (nSPS) is 10.5. The molecule has 4 nitrogen and oxygen atoms in total. The van der Waals surface area contributed by atoms with Crippen LogP contribution < -0.4 is 0 Å². The number of rotatable bonds is 5. The first kappa shape index (κ1) is 30.7. The van der Waals surface area contributed by atoms with Gasteiger partial charge in [-0.25, -0.2) is 0 Å². The smallest absolute Gasteiger partial charge is 0.159 e. The number of carbonyl (C=O) groups is 2. The van der Waals surface area contributed by atoms with Crippen LogP contribution in [0.2, 0.25) is 0 Å². The first-order chi connectivity index (χ1) is 19.7. The Morgan fingerprint density at radius 1 is 0.683 bits per heavy atom. The fourth-order valence-corrected chi connectivity index (χ4v) is 5.09. The number of Topliss-reactive ketones (excluding diaryl/α,β-unsaturated/α-hetero) is 2. The van der Waals surface area contributed by atoms with Crippen molar-refractivity contribution in [1.29, 1.82) is 0 Å². The number of nitrogens with one attached hydrogen (secondary N) is 1. The minimum Gasteiger partial charge on any atom is -0.361 e. The SMILES string of the molecule is BrCc1ccc(Br)cc1.CC(=O)c1ccc2[nH]ccc2c1.CC(=O)c1ccc2c(ccn2Cc2ccc(Br)cc2)c1. The third kappa shape index (κ3) is 8.62. The van der Waals surface area contributed by atoms with Crippen molar-refractivity contribution in [2.45, 2.75) is 25.7 Å². The molecule has 7 heteroatoms. The van der Waals surface area contributed by atoms with Gasteiger partial charge >= 0.3 is 0 Å². The van der Waals surface area contributed by atoms with E-state index in [2.05, 4.69) is 106 Å². The number of halogens is 3. The number of alkyl halides is 1. The second-order valence-corrected chi connectivity index (χ2v) is 11.9.